The number of alkyl halides is 2. The van der Waals surface area contributed by atoms with E-state index >= 15 is 0 Å². The van der Waals surface area contributed by atoms with Crippen LogP contribution in [-0.2, 0) is 0 Å². The zero-order valence-corrected chi connectivity index (χ0v) is 18.8. The van der Waals surface area contributed by atoms with E-state index in [2.05, 4.69) is 20.6 Å². The average Bonchev–Trinajstić information content (AvgIpc) is 3.17. The van der Waals surface area contributed by atoms with Crippen LogP contribution in [0.1, 0.15) is 28.4 Å². The first kappa shape index (κ1) is 23.2. The number of benzene rings is 1. The molecule has 0 radical (unpaired) electrons. The number of carbonyl (C=O) groups is 1. The van der Waals surface area contributed by atoms with Gasteiger partial charge in [-0.25, -0.2) is 17.6 Å². The third-order valence-electron chi connectivity index (χ3n) is 6.35. The van der Waals surface area contributed by atoms with E-state index in [4.69, 9.17) is 4.74 Å². The van der Waals surface area contributed by atoms with Crippen LogP contribution in [0.3, 0.4) is 0 Å². The number of para-hydroxylation sites is 1. The first-order valence-electron chi connectivity index (χ1n) is 11.1. The number of H-pyrrole nitrogens is 1. The monoisotopic (exact) mass is 489 g/mol. The molecule has 5 rings (SSSR count). The van der Waals surface area contributed by atoms with E-state index < -0.39 is 17.6 Å². The summed E-state index contributed by atoms with van der Waals surface area (Å²) < 4.78 is 60.8. The summed E-state index contributed by atoms with van der Waals surface area (Å²) in [5.41, 5.74) is 1.78. The molecule has 0 unspecified atom stereocenters. The molecule has 2 aliphatic rings. The maximum Gasteiger partial charge on any atom is 0.272 e. The van der Waals surface area contributed by atoms with E-state index in [0.29, 0.717) is 30.9 Å². The molecule has 3 N–H and O–H groups in total. The van der Waals surface area contributed by atoms with Gasteiger partial charge in [0.2, 0.25) is 0 Å². The minimum Gasteiger partial charge on any atom is -0.492 e. The van der Waals surface area contributed by atoms with Crippen molar-refractivity contribution in [1.29, 1.82) is 0 Å². The summed E-state index contributed by atoms with van der Waals surface area (Å²) in [4.78, 5) is 21.6. The lowest BCUT2D eigenvalue weighted by molar-refractivity contribution is -0.130. The van der Waals surface area contributed by atoms with Crippen molar-refractivity contribution < 1.29 is 27.1 Å². The van der Waals surface area contributed by atoms with Crippen LogP contribution < -0.4 is 15.4 Å². The molecule has 1 amide bonds. The van der Waals surface area contributed by atoms with E-state index in [-0.39, 0.29) is 53.2 Å². The second-order valence-corrected chi connectivity index (χ2v) is 8.73. The fourth-order valence-electron chi connectivity index (χ4n) is 4.67. The first-order chi connectivity index (χ1) is 16.8. The number of pyridine rings is 1. The number of aromatic nitrogens is 2. The highest BCUT2D eigenvalue weighted by Gasteiger charge is 2.44. The topological polar surface area (TPSA) is 82.3 Å². The summed E-state index contributed by atoms with van der Waals surface area (Å²) in [5.74, 6) is -4.54. The molecule has 0 saturated carbocycles. The van der Waals surface area contributed by atoms with Crippen LogP contribution in [0.4, 0.5) is 28.9 Å². The fourth-order valence-corrected chi connectivity index (χ4v) is 4.67. The van der Waals surface area contributed by atoms with Gasteiger partial charge in [0.15, 0.2) is 17.4 Å². The molecule has 35 heavy (non-hydrogen) atoms. The summed E-state index contributed by atoms with van der Waals surface area (Å²) in [5, 5.41) is 5.89. The van der Waals surface area contributed by atoms with Crippen molar-refractivity contribution in [3.8, 4) is 17.0 Å². The van der Waals surface area contributed by atoms with Crippen molar-refractivity contribution in [2.75, 3.05) is 38.6 Å². The number of hydrogen-bond donors (Lipinski definition) is 3. The highest BCUT2D eigenvalue weighted by Crippen LogP contribution is 2.43. The summed E-state index contributed by atoms with van der Waals surface area (Å²) in [7, 11) is 1.32. The van der Waals surface area contributed by atoms with Gasteiger partial charge in [-0.15, -0.1) is 0 Å². The second kappa shape index (κ2) is 8.88. The van der Waals surface area contributed by atoms with Gasteiger partial charge < -0.3 is 20.4 Å². The van der Waals surface area contributed by atoms with E-state index in [1.54, 1.807) is 11.0 Å². The number of nitrogens with zero attached hydrogens (tertiary/aromatic N) is 2. The molecule has 0 aliphatic carbocycles. The number of carbonyl (C=O) groups excluding carboxylic acids is 1. The van der Waals surface area contributed by atoms with E-state index in [0.717, 1.165) is 6.20 Å². The molecule has 7 nitrogen and oxygen atoms in total. The van der Waals surface area contributed by atoms with E-state index in [1.807, 2.05) is 0 Å². The number of methoxy groups -OCH3 is 1. The Kier molecular flexibility index (Phi) is 5.87. The molecular weight excluding hydrogens is 466 g/mol. The SMILES string of the molecule is COc1c(F)cccc1Nc1c(-c2ccncc2F)[nH]c2c1C(=O)NC[C@H]2CCN1CC(F)(F)C1. The van der Waals surface area contributed by atoms with Crippen molar-refractivity contribution in [2.45, 2.75) is 18.3 Å². The molecular formula is C24H23F4N5O2. The molecule has 2 aliphatic heterocycles. The highest BCUT2D eigenvalue weighted by atomic mass is 19.3. The molecule has 2 aromatic heterocycles. The van der Waals surface area contributed by atoms with Gasteiger partial charge in [-0.1, -0.05) is 6.07 Å². The Morgan fingerprint density at radius 1 is 1.23 bits per heavy atom. The van der Waals surface area contributed by atoms with Gasteiger partial charge in [0.05, 0.1) is 49.0 Å². The molecule has 1 atom stereocenters. The smallest absolute Gasteiger partial charge is 0.272 e. The van der Waals surface area contributed by atoms with E-state index in [9.17, 15) is 22.4 Å². The minimum atomic E-state index is -2.66. The fraction of sp³-hybridized carbons (Fsp3) is 0.333. The predicted molar refractivity (Wildman–Crippen MR) is 121 cm³/mol. The maximum atomic E-state index is 14.8. The van der Waals surface area contributed by atoms with Crippen molar-refractivity contribution in [3.05, 3.63) is 59.6 Å². The Hall–Kier alpha value is -3.60. The van der Waals surface area contributed by atoms with Crippen LogP contribution in [0.25, 0.3) is 11.3 Å². The van der Waals surface area contributed by atoms with E-state index in [1.165, 1.54) is 31.5 Å². The molecule has 184 valence electrons. The zero-order valence-electron chi connectivity index (χ0n) is 18.8. The Bertz CT molecular complexity index is 1270. The van der Waals surface area contributed by atoms with Gasteiger partial charge in [-0.2, -0.15) is 0 Å². The predicted octanol–water partition coefficient (Wildman–Crippen LogP) is 4.28. The lowest BCUT2D eigenvalue weighted by atomic mass is 9.92. The number of hydrogen-bond acceptors (Lipinski definition) is 5. The number of nitrogens with one attached hydrogen (secondary N) is 3. The molecule has 11 heteroatoms. The van der Waals surface area contributed by atoms with Crippen LogP contribution in [0.15, 0.2) is 36.7 Å². The number of ether oxygens (including phenoxy) is 1. The van der Waals surface area contributed by atoms with Crippen molar-refractivity contribution in [1.82, 2.24) is 20.2 Å². The number of amides is 1. The molecule has 4 heterocycles. The van der Waals surface area contributed by atoms with Crippen LogP contribution in [0, 0.1) is 11.6 Å². The van der Waals surface area contributed by atoms with Gasteiger partial charge in [-0.05, 0) is 31.2 Å². The van der Waals surface area contributed by atoms with Crippen molar-refractivity contribution >= 4 is 17.3 Å². The third kappa shape index (κ3) is 4.31. The molecule has 1 saturated heterocycles. The Balaban J connectivity index is 1.56. The van der Waals surface area contributed by atoms with Gasteiger partial charge in [0, 0.05) is 29.9 Å². The standard InChI is InChI=1S/C24H23F4N5O2/c1-35-22-15(25)3-2-4-17(22)31-21-18-19(32-20(21)14-5-7-29-10-16(14)26)13(9-30-23(18)34)6-8-33-11-24(27,28)12-33/h2-5,7,10,13,31-32H,6,8-9,11-12H2,1H3,(H,30,34)/t13-/m1/s1. The lowest BCUT2D eigenvalue weighted by Gasteiger charge is -2.39. The zero-order chi connectivity index (χ0) is 24.7. The highest BCUT2D eigenvalue weighted by molar-refractivity contribution is 6.06. The van der Waals surface area contributed by atoms with Gasteiger partial charge in [-0.3, -0.25) is 14.7 Å². The Labute approximate surface area is 198 Å². The lowest BCUT2D eigenvalue weighted by Crippen LogP contribution is -2.56. The van der Waals surface area contributed by atoms with Crippen LogP contribution in [0.5, 0.6) is 5.75 Å². The molecule has 1 fully saturated rings. The molecule has 0 spiro atoms. The summed E-state index contributed by atoms with van der Waals surface area (Å²) >= 11 is 0. The van der Waals surface area contributed by atoms with Crippen molar-refractivity contribution in [2.24, 2.45) is 0 Å². The number of aromatic amines is 1. The number of rotatable bonds is 7. The average molecular weight is 489 g/mol. The van der Waals surface area contributed by atoms with Gasteiger partial charge in [0.1, 0.15) is 0 Å². The van der Waals surface area contributed by atoms with Gasteiger partial charge in [0.25, 0.3) is 11.8 Å². The van der Waals surface area contributed by atoms with Gasteiger partial charge >= 0.3 is 0 Å². The normalized spacial score (nSPS) is 19.0. The number of fused-ring (bicyclic) bond motifs is 1. The summed E-state index contributed by atoms with van der Waals surface area (Å²) in [6, 6.07) is 5.77. The van der Waals surface area contributed by atoms with Crippen molar-refractivity contribution in [3.63, 3.8) is 0 Å². The molecule has 0 bridgehead atoms. The van der Waals surface area contributed by atoms with Crippen LogP contribution in [0.2, 0.25) is 0 Å². The summed E-state index contributed by atoms with van der Waals surface area (Å²) in [6.07, 6.45) is 2.99. The minimum absolute atomic E-state index is 0.0601. The number of likely N-dealkylation sites (tertiary alicyclic amines) is 1. The first-order valence-corrected chi connectivity index (χ1v) is 11.1. The van der Waals surface area contributed by atoms with Crippen LogP contribution in [-0.4, -0.2) is 60.0 Å². The van der Waals surface area contributed by atoms with Crippen LogP contribution >= 0.6 is 0 Å². The summed E-state index contributed by atoms with van der Waals surface area (Å²) in [6.45, 7) is 0.151. The maximum absolute atomic E-state index is 14.8. The Morgan fingerprint density at radius 3 is 2.74 bits per heavy atom. The number of halogens is 4. The molecule has 3 aromatic rings. The quantitative estimate of drug-likeness (QED) is 0.432. The number of anilines is 2. The largest absolute Gasteiger partial charge is 0.492 e. The Morgan fingerprint density at radius 2 is 2.03 bits per heavy atom. The second-order valence-electron chi connectivity index (χ2n) is 8.73. The molecule has 1 aromatic carbocycles. The third-order valence-corrected chi connectivity index (χ3v) is 6.35.